The quantitative estimate of drug-likeness (QED) is 0.0479. The molecule has 2 aromatic heterocycles. The fourth-order valence-corrected chi connectivity index (χ4v) is 4.49. The van der Waals surface area contributed by atoms with Crippen LogP contribution in [0.1, 0.15) is 46.7 Å². The van der Waals surface area contributed by atoms with E-state index in [0.717, 1.165) is 36.4 Å². The zero-order valence-electron chi connectivity index (χ0n) is 33.7. The van der Waals surface area contributed by atoms with E-state index < -0.39 is 53.1 Å². The van der Waals surface area contributed by atoms with Crippen molar-refractivity contribution >= 4 is 48.0 Å². The van der Waals surface area contributed by atoms with E-state index in [1.165, 1.54) is 63.1 Å². The maximum Gasteiger partial charge on any atom is 1.00 e. The van der Waals surface area contributed by atoms with E-state index in [2.05, 4.69) is 41.1 Å². The molecule has 2 heterocycles. The number of aliphatic hydroxyl groups excluding tert-OH is 1. The molecule has 329 valence electrons. The first kappa shape index (κ1) is 57.0. The van der Waals surface area contributed by atoms with Gasteiger partial charge in [-0.2, -0.15) is 39.5 Å². The number of benzene rings is 3. The first-order valence-corrected chi connectivity index (χ1v) is 17.7. The van der Waals surface area contributed by atoms with Gasteiger partial charge in [-0.3, -0.25) is 19.2 Å². The van der Waals surface area contributed by atoms with Gasteiger partial charge in [0.25, 0.3) is 0 Å². The maximum atomic E-state index is 12.4. The summed E-state index contributed by atoms with van der Waals surface area (Å²) in [5, 5.41) is 8.81. The molecule has 62 heavy (non-hydrogen) atoms. The van der Waals surface area contributed by atoms with Crippen LogP contribution in [-0.2, 0) is 55.2 Å². The maximum absolute atomic E-state index is 12.4. The molecule has 0 spiro atoms. The van der Waals surface area contributed by atoms with Gasteiger partial charge in [0.2, 0.25) is 11.8 Å². The standard InChI is InChI=1S/C13H10F3NO3.C12H10F3NO2.C9H6BrF3O.C4H7NO3.B.Na.H/c1-19-12(18)6-11-17-10(7-20-11)8-2-4-9(5-3-8)13(14,15)16;13-12(14,15)9-3-1-8(2-4-9)10-7-18-11(16-10)5-6-17;10-5-8(14)6-1-3-7(4-2-6)9(11,12)13;1-8-4(7)2-3(5)6;;;/h2-5,7H,6H2,1H3;1-4,7,17H,5-6H2;1-4H,5H2;2H2,1H3,(H2,5,6);;;/q;;;;;+1;-1. The van der Waals surface area contributed by atoms with Crippen LogP contribution in [0.5, 0.6) is 0 Å². The van der Waals surface area contributed by atoms with Crippen LogP contribution in [-0.4, -0.2) is 73.3 Å². The average molecular weight is 961 g/mol. The van der Waals surface area contributed by atoms with Crippen LogP contribution in [0.3, 0.4) is 0 Å². The van der Waals surface area contributed by atoms with E-state index in [1.54, 1.807) is 0 Å². The van der Waals surface area contributed by atoms with Gasteiger partial charge in [0.15, 0.2) is 11.7 Å². The van der Waals surface area contributed by atoms with Gasteiger partial charge in [0.1, 0.15) is 36.8 Å². The third-order valence-corrected chi connectivity index (χ3v) is 7.68. The molecule has 3 N–H and O–H groups in total. The SMILES string of the molecule is COC(=O)CC(N)=O.COC(=O)Cc1nc(-c2ccc(C(F)(F)F)cc2)co1.O=C(CBr)c1ccc(C(F)(F)F)cc1.OCCc1nc(-c2ccc(C(F)(F)F)cc2)co1.[B].[H-].[Na+]. The van der Waals surface area contributed by atoms with Crippen molar-refractivity contribution in [1.29, 1.82) is 0 Å². The zero-order valence-corrected chi connectivity index (χ0v) is 36.2. The minimum absolute atomic E-state index is 0. The summed E-state index contributed by atoms with van der Waals surface area (Å²) in [5.74, 6) is -1.52. The molecule has 0 aliphatic rings. The largest absolute Gasteiger partial charge is 1.00 e. The van der Waals surface area contributed by atoms with Crippen molar-refractivity contribution in [2.75, 3.05) is 26.2 Å². The molecule has 3 radical (unpaired) electrons. The van der Waals surface area contributed by atoms with E-state index in [-0.39, 0.29) is 87.8 Å². The summed E-state index contributed by atoms with van der Waals surface area (Å²) < 4.78 is 129. The molecule has 1 amide bonds. The predicted octanol–water partition coefficient (Wildman–Crippen LogP) is 5.02. The number of halogens is 10. The first-order valence-electron chi connectivity index (χ1n) is 16.6. The number of aliphatic hydroxyl groups is 1. The van der Waals surface area contributed by atoms with Crippen LogP contribution in [0.25, 0.3) is 22.5 Å². The van der Waals surface area contributed by atoms with Crippen molar-refractivity contribution < 1.29 is 113 Å². The Hall–Kier alpha value is -4.97. The Morgan fingerprint density at radius 3 is 1.37 bits per heavy atom. The average Bonchev–Trinajstić information content (AvgIpc) is 3.87. The number of nitrogens with two attached hydrogens (primary N) is 1. The van der Waals surface area contributed by atoms with Crippen molar-refractivity contribution in [2.45, 2.75) is 37.8 Å². The number of primary amides is 1. The van der Waals surface area contributed by atoms with Crippen molar-refractivity contribution in [3.8, 4) is 22.5 Å². The van der Waals surface area contributed by atoms with Crippen LogP contribution >= 0.6 is 15.9 Å². The summed E-state index contributed by atoms with van der Waals surface area (Å²) >= 11 is 2.94. The molecule has 0 saturated heterocycles. The Labute approximate surface area is 380 Å². The van der Waals surface area contributed by atoms with Gasteiger partial charge in [-0.1, -0.05) is 52.3 Å². The minimum Gasteiger partial charge on any atom is -1.00 e. The molecule has 0 saturated carbocycles. The zero-order chi connectivity index (χ0) is 45.3. The number of ketones is 1. The molecule has 5 aromatic rings. The molecule has 5 rings (SSSR count). The number of alkyl halides is 10. The fraction of sp³-hybridized carbons (Fsp3) is 0.263. The number of methoxy groups -OCH3 is 2. The molecular weight excluding hydrogens is 927 g/mol. The van der Waals surface area contributed by atoms with E-state index >= 15 is 0 Å². The molecule has 0 aliphatic carbocycles. The number of Topliss-reactive ketones (excluding diaryl/α,β-unsaturated/α-hetero) is 1. The molecule has 12 nitrogen and oxygen atoms in total. The molecule has 0 unspecified atom stereocenters. The topological polar surface area (TPSA) is 185 Å². The number of hydrogen-bond donors (Lipinski definition) is 2. The Kier molecular flexibility index (Phi) is 24.4. The van der Waals surface area contributed by atoms with E-state index in [0.29, 0.717) is 28.4 Å². The summed E-state index contributed by atoms with van der Waals surface area (Å²) in [6.45, 7) is -0.0903. The molecule has 0 fully saturated rings. The normalized spacial score (nSPS) is 10.7. The van der Waals surface area contributed by atoms with Crippen LogP contribution < -0.4 is 35.3 Å². The Morgan fingerprint density at radius 1 is 0.677 bits per heavy atom. The summed E-state index contributed by atoms with van der Waals surface area (Å²) in [4.78, 5) is 50.1. The molecule has 3 aromatic carbocycles. The predicted molar refractivity (Wildman–Crippen MR) is 203 cm³/mol. The Bertz CT molecular complexity index is 2150. The van der Waals surface area contributed by atoms with Gasteiger partial charge < -0.3 is 30.6 Å². The number of amides is 1. The molecular formula is C38H34BBrF9N3NaO9. The third kappa shape index (κ3) is 19.8. The van der Waals surface area contributed by atoms with Gasteiger partial charge >= 0.3 is 60.0 Å². The van der Waals surface area contributed by atoms with Crippen LogP contribution in [0, 0.1) is 0 Å². The molecule has 0 atom stereocenters. The van der Waals surface area contributed by atoms with Gasteiger partial charge in [0, 0.05) is 31.5 Å². The number of esters is 2. The Morgan fingerprint density at radius 2 is 1.05 bits per heavy atom. The van der Waals surface area contributed by atoms with Gasteiger partial charge in [-0.05, 0) is 36.4 Å². The summed E-state index contributed by atoms with van der Waals surface area (Å²) in [6, 6.07) is 13.3. The smallest absolute Gasteiger partial charge is 1.00 e. The van der Waals surface area contributed by atoms with Crippen LogP contribution in [0.4, 0.5) is 39.5 Å². The number of oxazole rings is 2. The van der Waals surface area contributed by atoms with Crippen molar-refractivity contribution in [3.63, 3.8) is 0 Å². The number of carbonyl (C=O) groups excluding carboxylic acids is 4. The summed E-state index contributed by atoms with van der Waals surface area (Å²) in [7, 11) is 2.44. The van der Waals surface area contributed by atoms with E-state index in [9.17, 15) is 58.7 Å². The number of aromatic nitrogens is 2. The number of nitrogens with zero attached hydrogens (tertiary/aromatic N) is 2. The van der Waals surface area contributed by atoms with Gasteiger partial charge in [-0.25, -0.2) is 9.97 Å². The van der Waals surface area contributed by atoms with Crippen molar-refractivity contribution in [1.82, 2.24) is 9.97 Å². The van der Waals surface area contributed by atoms with Gasteiger partial charge in [-0.15, -0.1) is 0 Å². The van der Waals surface area contributed by atoms with Crippen LogP contribution in [0.15, 0.2) is 94.2 Å². The van der Waals surface area contributed by atoms with Crippen LogP contribution in [0.2, 0.25) is 0 Å². The molecule has 0 bridgehead atoms. The Balaban J connectivity index is 0. The number of rotatable bonds is 10. The summed E-state index contributed by atoms with van der Waals surface area (Å²) in [6.07, 6.45) is -10.6. The van der Waals surface area contributed by atoms with E-state index in [1.807, 2.05) is 0 Å². The minimum atomic E-state index is -4.38. The monoisotopic (exact) mass is 960 g/mol. The second-order valence-corrected chi connectivity index (χ2v) is 12.0. The second-order valence-electron chi connectivity index (χ2n) is 11.5. The fourth-order valence-electron chi connectivity index (χ4n) is 4.17. The second kappa shape index (κ2) is 26.5. The molecule has 0 aliphatic heterocycles. The third-order valence-electron chi connectivity index (χ3n) is 7.17. The van der Waals surface area contributed by atoms with E-state index in [4.69, 9.17) is 13.9 Å². The van der Waals surface area contributed by atoms with Crippen molar-refractivity contribution in [3.05, 3.63) is 119 Å². The van der Waals surface area contributed by atoms with Gasteiger partial charge in [0.05, 0.1) is 42.8 Å². The number of ether oxygens (including phenoxy) is 2. The number of carbonyl (C=O) groups is 4. The number of hydrogen-bond acceptors (Lipinski definition) is 11. The summed E-state index contributed by atoms with van der Waals surface area (Å²) in [5.41, 5.74) is 4.53. The first-order chi connectivity index (χ1) is 28.0. The molecule has 24 heteroatoms. The van der Waals surface area contributed by atoms with Crippen molar-refractivity contribution in [2.24, 2.45) is 5.73 Å².